The zero-order valence-corrected chi connectivity index (χ0v) is 11.7. The Kier molecular flexibility index (Phi) is 9.24. The number of hydrogen-bond donors (Lipinski definition) is 0. The fourth-order valence-electron chi connectivity index (χ4n) is 2.04. The molecule has 0 heterocycles. The van der Waals surface area contributed by atoms with Crippen molar-refractivity contribution in [2.75, 3.05) is 0 Å². The van der Waals surface area contributed by atoms with E-state index in [4.69, 9.17) is 0 Å². The lowest BCUT2D eigenvalue weighted by molar-refractivity contribution is 0.397. The van der Waals surface area contributed by atoms with Crippen LogP contribution in [0, 0.1) is 17.8 Å². The molecule has 0 aromatic rings. The predicted octanol–water partition coefficient (Wildman–Crippen LogP) is 5.67. The van der Waals surface area contributed by atoms with Crippen LogP contribution < -0.4 is 0 Å². The van der Waals surface area contributed by atoms with Crippen molar-refractivity contribution in [3.8, 4) is 0 Å². The molecule has 0 fully saturated rings. The van der Waals surface area contributed by atoms with Gasteiger partial charge in [0.15, 0.2) is 0 Å². The predicted molar refractivity (Wildman–Crippen MR) is 71.2 cm³/mol. The quantitative estimate of drug-likeness (QED) is 0.462. The van der Waals surface area contributed by atoms with Gasteiger partial charge < -0.3 is 0 Å². The molecular weight excluding hydrogens is 180 g/mol. The van der Waals surface area contributed by atoms with E-state index in [-0.39, 0.29) is 0 Å². The first-order valence-electron chi connectivity index (χ1n) is 7.06. The molecule has 0 nitrogen and oxygen atoms in total. The molecule has 0 rings (SSSR count). The van der Waals surface area contributed by atoms with Crippen LogP contribution in [-0.4, -0.2) is 0 Å². The fourth-order valence-corrected chi connectivity index (χ4v) is 2.04. The maximum Gasteiger partial charge on any atom is -0.0443 e. The van der Waals surface area contributed by atoms with Crippen molar-refractivity contribution in [1.29, 1.82) is 0 Å². The Hall–Kier alpha value is 0. The second kappa shape index (κ2) is 9.24. The molecule has 0 saturated heterocycles. The summed E-state index contributed by atoms with van der Waals surface area (Å²) in [7, 11) is 0. The summed E-state index contributed by atoms with van der Waals surface area (Å²) in [6, 6.07) is 0. The van der Waals surface area contributed by atoms with Gasteiger partial charge in [0.05, 0.1) is 0 Å². The molecule has 0 bridgehead atoms. The smallest absolute Gasteiger partial charge is 0.0443 e. The van der Waals surface area contributed by atoms with Crippen molar-refractivity contribution in [2.45, 2.75) is 79.6 Å². The minimum atomic E-state index is 0.886. The summed E-state index contributed by atoms with van der Waals surface area (Å²) >= 11 is 0. The molecule has 0 spiro atoms. The molecule has 0 aromatic carbocycles. The van der Waals surface area contributed by atoms with Crippen LogP contribution >= 0.6 is 0 Å². The van der Waals surface area contributed by atoms with Crippen molar-refractivity contribution >= 4 is 0 Å². The van der Waals surface area contributed by atoms with Gasteiger partial charge in [-0.1, -0.05) is 79.6 Å². The van der Waals surface area contributed by atoms with Gasteiger partial charge in [0.25, 0.3) is 0 Å². The summed E-state index contributed by atoms with van der Waals surface area (Å²) in [6.45, 7) is 11.8. The first-order valence-corrected chi connectivity index (χ1v) is 7.06. The minimum Gasteiger partial charge on any atom is -0.0651 e. The molecule has 0 aromatic heterocycles. The zero-order valence-electron chi connectivity index (χ0n) is 11.7. The van der Waals surface area contributed by atoms with Gasteiger partial charge in [0.2, 0.25) is 0 Å². The zero-order chi connectivity index (χ0) is 11.7. The van der Waals surface area contributed by atoms with E-state index in [0.717, 1.165) is 17.8 Å². The van der Waals surface area contributed by atoms with Gasteiger partial charge in [-0.3, -0.25) is 0 Å². The van der Waals surface area contributed by atoms with Gasteiger partial charge >= 0.3 is 0 Å². The first-order chi connectivity index (χ1) is 7.06. The monoisotopic (exact) mass is 212 g/mol. The highest BCUT2D eigenvalue weighted by Crippen LogP contribution is 2.19. The summed E-state index contributed by atoms with van der Waals surface area (Å²) in [5.74, 6) is 2.78. The van der Waals surface area contributed by atoms with Crippen LogP contribution in [0.1, 0.15) is 79.6 Å². The van der Waals surface area contributed by atoms with Crippen molar-refractivity contribution in [3.05, 3.63) is 0 Å². The van der Waals surface area contributed by atoms with Crippen LogP contribution in [-0.2, 0) is 0 Å². The standard InChI is InChI=1S/C15H32/c1-6-14(4)10-8-12-15(5)11-7-9-13(2)3/h13-15H,6-12H2,1-5H3/t14-,15+/m1/s1. The molecule has 92 valence electrons. The number of hydrogen-bond acceptors (Lipinski definition) is 0. The minimum absolute atomic E-state index is 0.886. The molecule has 0 aliphatic carbocycles. The fraction of sp³-hybridized carbons (Fsp3) is 1.00. The van der Waals surface area contributed by atoms with Crippen LogP contribution in [0.4, 0.5) is 0 Å². The molecule has 2 atom stereocenters. The Labute approximate surface area is 97.8 Å². The van der Waals surface area contributed by atoms with E-state index < -0.39 is 0 Å². The van der Waals surface area contributed by atoms with E-state index in [2.05, 4.69) is 34.6 Å². The molecule has 0 aliphatic rings. The average Bonchev–Trinajstić information content (AvgIpc) is 2.17. The van der Waals surface area contributed by atoms with E-state index in [9.17, 15) is 0 Å². The van der Waals surface area contributed by atoms with Crippen molar-refractivity contribution in [2.24, 2.45) is 17.8 Å². The topological polar surface area (TPSA) is 0 Å². The molecule has 0 radical (unpaired) electrons. The lowest BCUT2D eigenvalue weighted by atomic mass is 9.93. The van der Waals surface area contributed by atoms with Gasteiger partial charge in [-0.05, 0) is 17.8 Å². The van der Waals surface area contributed by atoms with E-state index in [0.29, 0.717) is 0 Å². The maximum atomic E-state index is 2.43. The molecule has 0 N–H and O–H groups in total. The maximum absolute atomic E-state index is 2.43. The molecule has 0 heteroatoms. The highest BCUT2D eigenvalue weighted by Gasteiger charge is 2.04. The lowest BCUT2D eigenvalue weighted by Crippen LogP contribution is -1.99. The molecule has 0 amide bonds. The third-order valence-electron chi connectivity index (χ3n) is 3.57. The third-order valence-corrected chi connectivity index (χ3v) is 3.57. The SMILES string of the molecule is CC[C@@H](C)CCC[C@@H](C)CCCC(C)C. The highest BCUT2D eigenvalue weighted by atomic mass is 14.1. The lowest BCUT2D eigenvalue weighted by Gasteiger charge is -2.13. The van der Waals surface area contributed by atoms with Gasteiger partial charge in [0.1, 0.15) is 0 Å². The van der Waals surface area contributed by atoms with Crippen LogP contribution in [0.3, 0.4) is 0 Å². The number of rotatable bonds is 9. The van der Waals surface area contributed by atoms with Crippen molar-refractivity contribution < 1.29 is 0 Å². The van der Waals surface area contributed by atoms with Crippen LogP contribution in [0.25, 0.3) is 0 Å². The molecule has 15 heavy (non-hydrogen) atoms. The summed E-state index contributed by atoms with van der Waals surface area (Å²) in [4.78, 5) is 0. The normalized spacial score (nSPS) is 15.6. The second-order valence-electron chi connectivity index (χ2n) is 5.87. The van der Waals surface area contributed by atoms with E-state index in [1.165, 1.54) is 44.9 Å². The first kappa shape index (κ1) is 15.0. The molecule has 0 unspecified atom stereocenters. The Morgan fingerprint density at radius 3 is 1.60 bits per heavy atom. The molecule has 0 saturated carbocycles. The molecule has 0 aliphatic heterocycles. The highest BCUT2D eigenvalue weighted by molar-refractivity contribution is 4.58. The Balaban J connectivity index is 3.29. The Morgan fingerprint density at radius 2 is 1.13 bits per heavy atom. The third kappa shape index (κ3) is 10.3. The van der Waals surface area contributed by atoms with Gasteiger partial charge in [-0.25, -0.2) is 0 Å². The van der Waals surface area contributed by atoms with Crippen molar-refractivity contribution in [1.82, 2.24) is 0 Å². The van der Waals surface area contributed by atoms with E-state index in [1.54, 1.807) is 0 Å². The summed E-state index contributed by atoms with van der Waals surface area (Å²) in [6.07, 6.45) is 9.96. The van der Waals surface area contributed by atoms with E-state index >= 15 is 0 Å². The largest absolute Gasteiger partial charge is 0.0651 e. The average molecular weight is 212 g/mol. The summed E-state index contributed by atoms with van der Waals surface area (Å²) < 4.78 is 0. The van der Waals surface area contributed by atoms with Crippen LogP contribution in [0.15, 0.2) is 0 Å². The Morgan fingerprint density at radius 1 is 0.667 bits per heavy atom. The van der Waals surface area contributed by atoms with Crippen molar-refractivity contribution in [3.63, 3.8) is 0 Å². The summed E-state index contributed by atoms with van der Waals surface area (Å²) in [5, 5.41) is 0. The van der Waals surface area contributed by atoms with Gasteiger partial charge in [-0.2, -0.15) is 0 Å². The van der Waals surface area contributed by atoms with Gasteiger partial charge in [-0.15, -0.1) is 0 Å². The van der Waals surface area contributed by atoms with Crippen LogP contribution in [0.5, 0.6) is 0 Å². The Bertz CT molecular complexity index is 126. The van der Waals surface area contributed by atoms with Gasteiger partial charge in [0, 0.05) is 0 Å². The molecular formula is C15H32. The second-order valence-corrected chi connectivity index (χ2v) is 5.87. The summed E-state index contributed by atoms with van der Waals surface area (Å²) in [5.41, 5.74) is 0. The van der Waals surface area contributed by atoms with E-state index in [1.807, 2.05) is 0 Å². The van der Waals surface area contributed by atoms with Crippen LogP contribution in [0.2, 0.25) is 0 Å².